The minimum Gasteiger partial charge on any atom is -0.497 e. The molecular formula is C19H23N5O3. The molecule has 0 saturated carbocycles. The Labute approximate surface area is 158 Å². The normalized spacial score (nSPS) is 14.6. The van der Waals surface area contributed by atoms with Crippen molar-refractivity contribution in [1.29, 1.82) is 0 Å². The first kappa shape index (κ1) is 18.8. The molecule has 1 aromatic heterocycles. The van der Waals surface area contributed by atoms with Gasteiger partial charge in [-0.1, -0.05) is 12.1 Å². The Morgan fingerprint density at radius 3 is 2.48 bits per heavy atom. The Balaban J connectivity index is 1.40. The lowest BCUT2D eigenvalue weighted by Crippen LogP contribution is -2.51. The van der Waals surface area contributed by atoms with E-state index >= 15 is 0 Å². The third kappa shape index (κ3) is 5.24. The smallest absolute Gasteiger partial charge is 0.274 e. The van der Waals surface area contributed by atoms with Crippen LogP contribution in [-0.4, -0.2) is 71.4 Å². The molecule has 8 nitrogen and oxygen atoms in total. The van der Waals surface area contributed by atoms with Crippen molar-refractivity contribution >= 4 is 11.8 Å². The van der Waals surface area contributed by atoms with Gasteiger partial charge in [-0.15, -0.1) is 0 Å². The molecule has 0 atom stereocenters. The number of benzene rings is 1. The predicted octanol–water partition coefficient (Wildman–Crippen LogP) is 0.559. The third-order valence-electron chi connectivity index (χ3n) is 4.46. The monoisotopic (exact) mass is 369 g/mol. The number of carbonyl (C=O) groups is 2. The lowest BCUT2D eigenvalue weighted by molar-refractivity contribution is -0.122. The van der Waals surface area contributed by atoms with Crippen LogP contribution in [0.15, 0.2) is 42.9 Å². The van der Waals surface area contributed by atoms with E-state index in [9.17, 15) is 9.59 Å². The molecule has 1 fully saturated rings. The predicted molar refractivity (Wildman–Crippen MR) is 99.2 cm³/mol. The molecule has 1 aromatic carbocycles. The zero-order valence-electron chi connectivity index (χ0n) is 15.3. The Bertz CT molecular complexity index is 759. The Morgan fingerprint density at radius 2 is 1.85 bits per heavy atom. The average Bonchev–Trinajstić information content (AvgIpc) is 2.73. The van der Waals surface area contributed by atoms with Gasteiger partial charge in [-0.25, -0.2) is 4.98 Å². The highest BCUT2D eigenvalue weighted by Gasteiger charge is 2.23. The summed E-state index contributed by atoms with van der Waals surface area (Å²) in [7, 11) is 1.62. The molecule has 1 N–H and O–H groups in total. The Kier molecular flexibility index (Phi) is 6.32. The van der Waals surface area contributed by atoms with Crippen molar-refractivity contribution in [1.82, 2.24) is 25.1 Å². The summed E-state index contributed by atoms with van der Waals surface area (Å²) in [6.07, 6.45) is 4.53. The van der Waals surface area contributed by atoms with Crippen LogP contribution in [0.2, 0.25) is 0 Å². The molecule has 3 rings (SSSR count). The van der Waals surface area contributed by atoms with Crippen LogP contribution in [0.5, 0.6) is 5.75 Å². The van der Waals surface area contributed by atoms with Gasteiger partial charge >= 0.3 is 0 Å². The first-order valence-corrected chi connectivity index (χ1v) is 8.83. The van der Waals surface area contributed by atoms with Gasteiger partial charge in [0.05, 0.1) is 19.9 Å². The number of methoxy groups -OCH3 is 1. The second-order valence-electron chi connectivity index (χ2n) is 6.28. The quantitative estimate of drug-likeness (QED) is 0.801. The van der Waals surface area contributed by atoms with Gasteiger partial charge in [-0.3, -0.25) is 19.5 Å². The first-order chi connectivity index (χ1) is 13.2. The van der Waals surface area contributed by atoms with Crippen molar-refractivity contribution < 1.29 is 14.3 Å². The Morgan fingerprint density at radius 1 is 1.11 bits per heavy atom. The van der Waals surface area contributed by atoms with Crippen molar-refractivity contribution in [2.45, 2.75) is 6.54 Å². The number of aromatic nitrogens is 2. The SMILES string of the molecule is COc1ccc(CNC(=O)CN2CCN(C(=O)c3cnccn3)CC2)cc1. The first-order valence-electron chi connectivity index (χ1n) is 8.83. The summed E-state index contributed by atoms with van der Waals surface area (Å²) in [6.45, 7) is 3.25. The van der Waals surface area contributed by atoms with E-state index in [4.69, 9.17) is 4.74 Å². The van der Waals surface area contributed by atoms with Gasteiger partial charge < -0.3 is 15.0 Å². The van der Waals surface area contributed by atoms with E-state index in [1.54, 1.807) is 18.2 Å². The number of piperazine rings is 1. The number of carbonyl (C=O) groups excluding carboxylic acids is 2. The van der Waals surface area contributed by atoms with Gasteiger partial charge in [0.25, 0.3) is 5.91 Å². The van der Waals surface area contributed by atoms with Crippen LogP contribution in [0.4, 0.5) is 0 Å². The lowest BCUT2D eigenvalue weighted by atomic mass is 10.2. The molecule has 2 amide bonds. The van der Waals surface area contributed by atoms with Crippen molar-refractivity contribution in [3.63, 3.8) is 0 Å². The summed E-state index contributed by atoms with van der Waals surface area (Å²) in [5.74, 6) is 0.644. The van der Waals surface area contributed by atoms with Crippen LogP contribution >= 0.6 is 0 Å². The second-order valence-corrected chi connectivity index (χ2v) is 6.28. The Hall–Kier alpha value is -3.00. The largest absolute Gasteiger partial charge is 0.497 e. The fourth-order valence-corrected chi connectivity index (χ4v) is 2.88. The highest BCUT2D eigenvalue weighted by Crippen LogP contribution is 2.11. The number of ether oxygens (including phenoxy) is 1. The van der Waals surface area contributed by atoms with Crippen LogP contribution in [-0.2, 0) is 11.3 Å². The fraction of sp³-hybridized carbons (Fsp3) is 0.368. The number of nitrogens with zero attached hydrogens (tertiary/aromatic N) is 4. The molecule has 142 valence electrons. The van der Waals surface area contributed by atoms with Crippen LogP contribution in [0, 0.1) is 0 Å². The number of nitrogens with one attached hydrogen (secondary N) is 1. The standard InChI is InChI=1S/C19H23N5O3/c1-27-16-4-2-15(3-5-16)12-22-18(25)14-23-8-10-24(11-9-23)19(26)17-13-20-6-7-21-17/h2-7,13H,8-12,14H2,1H3,(H,22,25). The third-order valence-corrected chi connectivity index (χ3v) is 4.46. The molecule has 0 spiro atoms. The number of hydrogen-bond donors (Lipinski definition) is 1. The zero-order valence-corrected chi connectivity index (χ0v) is 15.3. The minimum absolute atomic E-state index is 0.0282. The van der Waals surface area contributed by atoms with Crippen LogP contribution in [0.1, 0.15) is 16.1 Å². The average molecular weight is 369 g/mol. The molecule has 0 radical (unpaired) electrons. The van der Waals surface area contributed by atoms with E-state index in [0.29, 0.717) is 45.0 Å². The van der Waals surface area contributed by atoms with Gasteiger partial charge in [0.1, 0.15) is 11.4 Å². The van der Waals surface area contributed by atoms with Crippen LogP contribution in [0.3, 0.4) is 0 Å². The zero-order chi connectivity index (χ0) is 19.1. The van der Waals surface area contributed by atoms with Crippen molar-refractivity contribution in [3.8, 4) is 5.75 Å². The molecule has 2 aromatic rings. The maximum Gasteiger partial charge on any atom is 0.274 e. The van der Waals surface area contributed by atoms with E-state index in [0.717, 1.165) is 11.3 Å². The van der Waals surface area contributed by atoms with E-state index in [1.165, 1.54) is 12.4 Å². The molecule has 8 heteroatoms. The van der Waals surface area contributed by atoms with E-state index in [1.807, 2.05) is 29.2 Å². The topological polar surface area (TPSA) is 87.7 Å². The van der Waals surface area contributed by atoms with Crippen molar-refractivity contribution in [3.05, 3.63) is 54.1 Å². The summed E-state index contributed by atoms with van der Waals surface area (Å²) in [4.78, 5) is 36.3. The van der Waals surface area contributed by atoms with Crippen molar-refractivity contribution in [2.75, 3.05) is 39.8 Å². The second kappa shape index (κ2) is 9.09. The fourth-order valence-electron chi connectivity index (χ4n) is 2.88. The summed E-state index contributed by atoms with van der Waals surface area (Å²) >= 11 is 0. The number of hydrogen-bond acceptors (Lipinski definition) is 6. The van der Waals surface area contributed by atoms with E-state index in [2.05, 4.69) is 15.3 Å². The maximum atomic E-state index is 12.4. The molecule has 1 aliphatic rings. The summed E-state index contributed by atoms with van der Waals surface area (Å²) in [6, 6.07) is 7.59. The minimum atomic E-state index is -0.119. The highest BCUT2D eigenvalue weighted by molar-refractivity contribution is 5.92. The van der Waals surface area contributed by atoms with E-state index < -0.39 is 0 Å². The molecule has 27 heavy (non-hydrogen) atoms. The molecule has 1 aliphatic heterocycles. The van der Waals surface area contributed by atoms with Crippen LogP contribution in [0.25, 0.3) is 0 Å². The molecular weight excluding hydrogens is 346 g/mol. The van der Waals surface area contributed by atoms with E-state index in [-0.39, 0.29) is 11.8 Å². The molecule has 2 heterocycles. The van der Waals surface area contributed by atoms with Crippen LogP contribution < -0.4 is 10.1 Å². The number of amides is 2. The molecule has 0 unspecified atom stereocenters. The molecule has 1 saturated heterocycles. The van der Waals surface area contributed by atoms with Gasteiger partial charge in [0.15, 0.2) is 0 Å². The maximum absolute atomic E-state index is 12.4. The van der Waals surface area contributed by atoms with Gasteiger partial charge in [0, 0.05) is 45.1 Å². The molecule has 0 bridgehead atoms. The lowest BCUT2D eigenvalue weighted by Gasteiger charge is -2.34. The molecule has 0 aliphatic carbocycles. The number of rotatable bonds is 6. The van der Waals surface area contributed by atoms with Gasteiger partial charge in [-0.05, 0) is 17.7 Å². The summed E-state index contributed by atoms with van der Waals surface area (Å²) < 4.78 is 5.12. The highest BCUT2D eigenvalue weighted by atomic mass is 16.5. The van der Waals surface area contributed by atoms with Gasteiger partial charge in [0.2, 0.25) is 5.91 Å². The summed E-state index contributed by atoms with van der Waals surface area (Å²) in [5, 5.41) is 2.92. The summed E-state index contributed by atoms with van der Waals surface area (Å²) in [5.41, 5.74) is 1.37. The van der Waals surface area contributed by atoms with Crippen molar-refractivity contribution in [2.24, 2.45) is 0 Å². The van der Waals surface area contributed by atoms with Gasteiger partial charge in [-0.2, -0.15) is 0 Å².